The van der Waals surface area contributed by atoms with Crippen molar-refractivity contribution in [1.82, 2.24) is 0 Å². The van der Waals surface area contributed by atoms with E-state index in [9.17, 15) is 14.4 Å². The third kappa shape index (κ3) is 53.4. The molecule has 0 bridgehead atoms. The fraction of sp³-hybridized carbons (Fsp3) is 0.721. The van der Waals surface area contributed by atoms with Crippen LogP contribution in [0.2, 0.25) is 0 Å². The normalized spacial score (nSPS) is 12.7. The average molecular weight is 933 g/mol. The lowest BCUT2D eigenvalue weighted by Crippen LogP contribution is -2.30. The molecule has 1 unspecified atom stereocenters. The van der Waals surface area contributed by atoms with Crippen LogP contribution in [0.25, 0.3) is 0 Å². The predicted molar refractivity (Wildman–Crippen MR) is 288 cm³/mol. The van der Waals surface area contributed by atoms with E-state index in [1.54, 1.807) is 0 Å². The monoisotopic (exact) mass is 933 g/mol. The molecule has 0 amide bonds. The number of allylic oxidation sites excluding steroid dienone is 14. The van der Waals surface area contributed by atoms with Crippen LogP contribution in [-0.4, -0.2) is 37.2 Å². The van der Waals surface area contributed by atoms with Crippen LogP contribution in [0.5, 0.6) is 0 Å². The summed E-state index contributed by atoms with van der Waals surface area (Å²) < 4.78 is 16.8. The first-order valence-corrected chi connectivity index (χ1v) is 28.1. The van der Waals surface area contributed by atoms with E-state index < -0.39 is 6.10 Å². The fourth-order valence-corrected chi connectivity index (χ4v) is 7.62. The third-order valence-corrected chi connectivity index (χ3v) is 11.9. The molecule has 0 fully saturated rings. The van der Waals surface area contributed by atoms with Crippen molar-refractivity contribution in [3.63, 3.8) is 0 Å². The van der Waals surface area contributed by atoms with Crippen molar-refractivity contribution in [1.29, 1.82) is 0 Å². The predicted octanol–water partition coefficient (Wildman–Crippen LogP) is 18.8. The molecular formula is C61H104O6. The minimum Gasteiger partial charge on any atom is -0.462 e. The maximum absolute atomic E-state index is 12.8. The summed E-state index contributed by atoms with van der Waals surface area (Å²) in [6.45, 7) is 6.45. The zero-order chi connectivity index (χ0) is 48.6. The number of ether oxygens (including phenoxy) is 3. The first kappa shape index (κ1) is 63.6. The van der Waals surface area contributed by atoms with E-state index in [-0.39, 0.29) is 31.1 Å². The van der Waals surface area contributed by atoms with Crippen LogP contribution < -0.4 is 0 Å². The van der Waals surface area contributed by atoms with E-state index in [1.165, 1.54) is 122 Å². The van der Waals surface area contributed by atoms with Crippen molar-refractivity contribution in [2.24, 2.45) is 0 Å². The summed E-state index contributed by atoms with van der Waals surface area (Å²) in [5.41, 5.74) is 0. The summed E-state index contributed by atoms with van der Waals surface area (Å²) >= 11 is 0. The van der Waals surface area contributed by atoms with Gasteiger partial charge in [-0.05, 0) is 109 Å². The van der Waals surface area contributed by atoms with E-state index in [4.69, 9.17) is 14.2 Å². The molecule has 0 heterocycles. The molecule has 0 aromatic heterocycles. The van der Waals surface area contributed by atoms with Gasteiger partial charge in [0.25, 0.3) is 0 Å². The Morgan fingerprint density at radius 2 is 0.597 bits per heavy atom. The molecule has 1 atom stereocenters. The van der Waals surface area contributed by atoms with E-state index in [1.807, 2.05) is 0 Å². The molecule has 6 nitrogen and oxygen atoms in total. The molecule has 0 aromatic carbocycles. The Bertz CT molecular complexity index is 1300. The lowest BCUT2D eigenvalue weighted by molar-refractivity contribution is -0.167. The molecular weight excluding hydrogens is 829 g/mol. The summed E-state index contributed by atoms with van der Waals surface area (Å²) in [4.78, 5) is 38.1. The van der Waals surface area contributed by atoms with Gasteiger partial charge in [0.15, 0.2) is 6.10 Å². The number of hydrogen-bond donors (Lipinski definition) is 0. The van der Waals surface area contributed by atoms with Gasteiger partial charge in [-0.15, -0.1) is 0 Å². The fourth-order valence-electron chi connectivity index (χ4n) is 7.62. The van der Waals surface area contributed by atoms with Gasteiger partial charge < -0.3 is 14.2 Å². The van der Waals surface area contributed by atoms with Crippen molar-refractivity contribution in [2.45, 2.75) is 271 Å². The lowest BCUT2D eigenvalue weighted by atomic mass is 10.1. The van der Waals surface area contributed by atoms with E-state index in [2.05, 4.69) is 106 Å². The molecule has 0 N–H and O–H groups in total. The molecule has 0 saturated carbocycles. The van der Waals surface area contributed by atoms with Crippen molar-refractivity contribution in [2.75, 3.05) is 13.2 Å². The third-order valence-electron chi connectivity index (χ3n) is 11.9. The van der Waals surface area contributed by atoms with Gasteiger partial charge in [0.05, 0.1) is 0 Å². The summed E-state index contributed by atoms with van der Waals surface area (Å²) in [5.74, 6) is -0.911. The van der Waals surface area contributed by atoms with Crippen LogP contribution in [0.3, 0.4) is 0 Å². The maximum atomic E-state index is 12.8. The van der Waals surface area contributed by atoms with E-state index >= 15 is 0 Å². The highest BCUT2D eigenvalue weighted by Gasteiger charge is 2.19. The molecule has 0 aliphatic carbocycles. The average Bonchev–Trinajstić information content (AvgIpc) is 3.33. The summed E-state index contributed by atoms with van der Waals surface area (Å²) in [7, 11) is 0. The van der Waals surface area contributed by atoms with Gasteiger partial charge in [-0.2, -0.15) is 0 Å². The molecule has 0 spiro atoms. The molecule has 0 saturated heterocycles. The lowest BCUT2D eigenvalue weighted by Gasteiger charge is -2.18. The number of unbranched alkanes of at least 4 members (excludes halogenated alkanes) is 25. The Morgan fingerprint density at radius 3 is 0.970 bits per heavy atom. The van der Waals surface area contributed by atoms with Crippen molar-refractivity contribution in [3.05, 3.63) is 85.1 Å². The summed E-state index contributed by atoms with van der Waals surface area (Å²) in [6, 6.07) is 0. The van der Waals surface area contributed by atoms with Gasteiger partial charge >= 0.3 is 17.9 Å². The maximum Gasteiger partial charge on any atom is 0.306 e. The highest BCUT2D eigenvalue weighted by atomic mass is 16.6. The van der Waals surface area contributed by atoms with Gasteiger partial charge in [0, 0.05) is 19.3 Å². The molecule has 0 aromatic rings. The molecule has 384 valence electrons. The Kier molecular flexibility index (Phi) is 52.4. The second-order valence-electron chi connectivity index (χ2n) is 18.5. The van der Waals surface area contributed by atoms with Gasteiger partial charge in [-0.3, -0.25) is 14.4 Å². The smallest absolute Gasteiger partial charge is 0.306 e. The standard InChI is InChI=1S/C61H104O6/c1-4-7-10-13-16-19-22-24-26-28-30-32-34-36-39-42-45-48-51-54-60(63)66-57-58(56-65-59(62)53-50-47-44-41-38-21-18-15-12-9-6-3)67-61(64)55-52-49-46-43-40-37-35-33-31-29-27-25-23-20-17-14-11-8-5-2/h7,10,15-20,24-27,30,32,58H,4-6,8-9,11-14,21-23,28-29,31,33-57H2,1-3H3/b10-7-,18-15-,19-16-,20-17-,26-24-,27-25-,32-30-. The van der Waals surface area contributed by atoms with Crippen LogP contribution in [0.4, 0.5) is 0 Å². The number of carbonyl (C=O) groups is 3. The van der Waals surface area contributed by atoms with Crippen LogP contribution in [0.1, 0.15) is 265 Å². The minimum atomic E-state index is -0.788. The minimum absolute atomic E-state index is 0.0873. The first-order chi connectivity index (χ1) is 33.0. The highest BCUT2D eigenvalue weighted by Crippen LogP contribution is 2.15. The number of esters is 3. The van der Waals surface area contributed by atoms with E-state index in [0.29, 0.717) is 19.3 Å². The number of hydrogen-bond acceptors (Lipinski definition) is 6. The second-order valence-corrected chi connectivity index (χ2v) is 18.5. The van der Waals surface area contributed by atoms with Crippen LogP contribution >= 0.6 is 0 Å². The summed E-state index contributed by atoms with van der Waals surface area (Å²) in [6.07, 6.45) is 71.4. The van der Waals surface area contributed by atoms with Crippen LogP contribution in [0.15, 0.2) is 85.1 Å². The van der Waals surface area contributed by atoms with Crippen molar-refractivity contribution >= 4 is 17.9 Å². The molecule has 0 rings (SSSR count). The zero-order valence-electron chi connectivity index (χ0n) is 43.9. The zero-order valence-corrected chi connectivity index (χ0v) is 43.9. The second kappa shape index (κ2) is 55.2. The van der Waals surface area contributed by atoms with Crippen LogP contribution in [0, 0.1) is 0 Å². The molecule has 0 radical (unpaired) electrons. The molecule has 67 heavy (non-hydrogen) atoms. The van der Waals surface area contributed by atoms with Crippen molar-refractivity contribution in [3.8, 4) is 0 Å². The molecule has 6 heteroatoms. The van der Waals surface area contributed by atoms with Crippen LogP contribution in [-0.2, 0) is 28.6 Å². The summed E-state index contributed by atoms with van der Waals surface area (Å²) in [5, 5.41) is 0. The topological polar surface area (TPSA) is 78.9 Å². The van der Waals surface area contributed by atoms with Gasteiger partial charge in [-0.25, -0.2) is 0 Å². The Balaban J connectivity index is 4.38. The Hall–Kier alpha value is -3.41. The quantitative estimate of drug-likeness (QED) is 0.0262. The largest absolute Gasteiger partial charge is 0.462 e. The van der Waals surface area contributed by atoms with Gasteiger partial charge in [0.1, 0.15) is 13.2 Å². The Morgan fingerprint density at radius 1 is 0.313 bits per heavy atom. The SMILES string of the molecule is CC/C=C\C/C=C\C/C=C\C/C=C\CCCCCCCCC(=O)OCC(COC(=O)CCCCCCC/C=C\CCCC)OC(=O)CCCCCCCCCCC/C=C\C/C=C\CCCCC. The number of rotatable bonds is 50. The molecule has 0 aliphatic heterocycles. The highest BCUT2D eigenvalue weighted by molar-refractivity contribution is 5.71. The molecule has 0 aliphatic rings. The first-order valence-electron chi connectivity index (χ1n) is 28.1. The number of carbonyl (C=O) groups excluding carboxylic acids is 3. The van der Waals surface area contributed by atoms with E-state index in [0.717, 1.165) is 103 Å². The van der Waals surface area contributed by atoms with Crippen molar-refractivity contribution < 1.29 is 28.6 Å². The van der Waals surface area contributed by atoms with Gasteiger partial charge in [0.2, 0.25) is 0 Å². The Labute approximate surface area is 414 Å². The van der Waals surface area contributed by atoms with Gasteiger partial charge in [-0.1, -0.05) is 221 Å².